The summed E-state index contributed by atoms with van der Waals surface area (Å²) in [6.45, 7) is 7.26. The van der Waals surface area contributed by atoms with E-state index in [-0.39, 0.29) is 5.56 Å². The SMILES string of the molecule is Cc1cc2c(N3CCN(CCn4nc5c(cc4=O)CCC5)CC3)nccn2n1. The number of hydrogen-bond acceptors (Lipinski definition) is 6. The summed E-state index contributed by atoms with van der Waals surface area (Å²) in [5, 5.41) is 9.06. The Labute approximate surface area is 163 Å². The molecular formula is C20H25N7O. The number of anilines is 1. The van der Waals surface area contributed by atoms with Crippen molar-refractivity contribution in [1.29, 1.82) is 0 Å². The third-order valence-corrected chi connectivity index (χ3v) is 5.82. The van der Waals surface area contributed by atoms with Crippen molar-refractivity contribution in [3.05, 3.63) is 51.8 Å². The fourth-order valence-corrected chi connectivity index (χ4v) is 4.29. The predicted molar refractivity (Wildman–Crippen MR) is 107 cm³/mol. The largest absolute Gasteiger partial charge is 0.352 e. The Morgan fingerprint density at radius 1 is 1.04 bits per heavy atom. The van der Waals surface area contributed by atoms with E-state index in [4.69, 9.17) is 0 Å². The molecule has 28 heavy (non-hydrogen) atoms. The molecule has 0 N–H and O–H groups in total. The normalized spacial score (nSPS) is 17.4. The van der Waals surface area contributed by atoms with Crippen molar-refractivity contribution in [1.82, 2.24) is 29.3 Å². The van der Waals surface area contributed by atoms with Crippen LogP contribution in [-0.2, 0) is 19.4 Å². The molecule has 1 aliphatic heterocycles. The van der Waals surface area contributed by atoms with Gasteiger partial charge in [0.05, 0.1) is 17.9 Å². The van der Waals surface area contributed by atoms with E-state index in [0.717, 1.165) is 80.3 Å². The van der Waals surface area contributed by atoms with Crippen molar-refractivity contribution in [3.8, 4) is 0 Å². The molecule has 0 spiro atoms. The van der Waals surface area contributed by atoms with Crippen molar-refractivity contribution >= 4 is 11.3 Å². The molecule has 8 nitrogen and oxygen atoms in total. The maximum atomic E-state index is 12.3. The summed E-state index contributed by atoms with van der Waals surface area (Å²) in [5.74, 6) is 0.999. The molecule has 4 heterocycles. The van der Waals surface area contributed by atoms with Gasteiger partial charge in [0.15, 0.2) is 5.82 Å². The van der Waals surface area contributed by atoms with Gasteiger partial charge in [-0.15, -0.1) is 0 Å². The lowest BCUT2D eigenvalue weighted by atomic mass is 10.2. The smallest absolute Gasteiger partial charge is 0.267 e. The third kappa shape index (κ3) is 3.17. The topological polar surface area (TPSA) is 71.6 Å². The molecular weight excluding hydrogens is 354 g/mol. The molecule has 146 valence electrons. The van der Waals surface area contributed by atoms with E-state index in [1.807, 2.05) is 23.8 Å². The molecule has 3 aromatic rings. The van der Waals surface area contributed by atoms with Crippen LogP contribution in [0, 0.1) is 6.92 Å². The lowest BCUT2D eigenvalue weighted by molar-refractivity contribution is 0.242. The molecule has 0 bridgehead atoms. The summed E-state index contributed by atoms with van der Waals surface area (Å²) in [7, 11) is 0. The lowest BCUT2D eigenvalue weighted by Crippen LogP contribution is -2.48. The van der Waals surface area contributed by atoms with Gasteiger partial charge in [-0.25, -0.2) is 14.2 Å². The second kappa shape index (κ2) is 7.01. The second-order valence-electron chi connectivity index (χ2n) is 7.73. The van der Waals surface area contributed by atoms with E-state index in [0.29, 0.717) is 6.54 Å². The molecule has 0 saturated carbocycles. The number of fused-ring (bicyclic) bond motifs is 2. The minimum Gasteiger partial charge on any atom is -0.352 e. The van der Waals surface area contributed by atoms with Crippen LogP contribution in [0.1, 0.15) is 23.4 Å². The van der Waals surface area contributed by atoms with Gasteiger partial charge in [0, 0.05) is 51.2 Å². The second-order valence-corrected chi connectivity index (χ2v) is 7.73. The maximum Gasteiger partial charge on any atom is 0.267 e. The molecule has 1 saturated heterocycles. The molecule has 2 aliphatic rings. The average molecular weight is 379 g/mol. The monoisotopic (exact) mass is 379 g/mol. The molecule has 0 amide bonds. The summed E-state index contributed by atoms with van der Waals surface area (Å²) in [6, 6.07) is 3.87. The van der Waals surface area contributed by atoms with Crippen molar-refractivity contribution < 1.29 is 0 Å². The van der Waals surface area contributed by atoms with Crippen LogP contribution in [0.3, 0.4) is 0 Å². The minimum atomic E-state index is 0.0336. The molecule has 1 aliphatic carbocycles. The van der Waals surface area contributed by atoms with Gasteiger partial charge in [-0.2, -0.15) is 10.2 Å². The number of aryl methyl sites for hydroxylation is 3. The van der Waals surface area contributed by atoms with Gasteiger partial charge >= 0.3 is 0 Å². The molecule has 1 fully saturated rings. The first-order valence-electron chi connectivity index (χ1n) is 10.1. The van der Waals surface area contributed by atoms with Crippen LogP contribution in [0.15, 0.2) is 29.3 Å². The van der Waals surface area contributed by atoms with E-state index in [1.54, 1.807) is 10.7 Å². The van der Waals surface area contributed by atoms with Crippen LogP contribution in [0.5, 0.6) is 0 Å². The zero-order valence-corrected chi connectivity index (χ0v) is 16.2. The lowest BCUT2D eigenvalue weighted by Gasteiger charge is -2.35. The Hall–Kier alpha value is -2.74. The van der Waals surface area contributed by atoms with E-state index >= 15 is 0 Å². The molecule has 0 atom stereocenters. The van der Waals surface area contributed by atoms with Crippen molar-refractivity contribution in [3.63, 3.8) is 0 Å². The van der Waals surface area contributed by atoms with E-state index in [9.17, 15) is 4.79 Å². The van der Waals surface area contributed by atoms with Crippen LogP contribution >= 0.6 is 0 Å². The minimum absolute atomic E-state index is 0.0336. The van der Waals surface area contributed by atoms with Crippen molar-refractivity contribution in [2.75, 3.05) is 37.6 Å². The maximum absolute atomic E-state index is 12.3. The van der Waals surface area contributed by atoms with Crippen LogP contribution in [0.4, 0.5) is 5.82 Å². The van der Waals surface area contributed by atoms with Crippen LogP contribution in [-0.4, -0.2) is 62.0 Å². The van der Waals surface area contributed by atoms with E-state index in [2.05, 4.69) is 31.0 Å². The predicted octanol–water partition coefficient (Wildman–Crippen LogP) is 0.905. The first-order valence-corrected chi connectivity index (χ1v) is 10.1. The Morgan fingerprint density at radius 2 is 1.89 bits per heavy atom. The molecule has 0 aromatic carbocycles. The fraction of sp³-hybridized carbons (Fsp3) is 0.500. The van der Waals surface area contributed by atoms with Gasteiger partial charge in [0.2, 0.25) is 0 Å². The highest BCUT2D eigenvalue weighted by atomic mass is 16.1. The summed E-state index contributed by atoms with van der Waals surface area (Å²) in [4.78, 5) is 21.6. The fourth-order valence-electron chi connectivity index (χ4n) is 4.29. The Bertz CT molecular complexity index is 1060. The zero-order chi connectivity index (χ0) is 19.1. The number of hydrogen-bond donors (Lipinski definition) is 0. The zero-order valence-electron chi connectivity index (χ0n) is 16.2. The summed E-state index contributed by atoms with van der Waals surface area (Å²) in [6.07, 6.45) is 6.82. The van der Waals surface area contributed by atoms with Gasteiger partial charge in [-0.05, 0) is 37.8 Å². The van der Waals surface area contributed by atoms with Crippen LogP contribution < -0.4 is 10.5 Å². The number of aromatic nitrogens is 5. The molecule has 8 heteroatoms. The first kappa shape index (κ1) is 17.4. The van der Waals surface area contributed by atoms with Crippen molar-refractivity contribution in [2.45, 2.75) is 32.7 Å². The summed E-state index contributed by atoms with van der Waals surface area (Å²) < 4.78 is 3.55. The van der Waals surface area contributed by atoms with E-state index < -0.39 is 0 Å². The number of piperazine rings is 1. The van der Waals surface area contributed by atoms with E-state index in [1.165, 1.54) is 0 Å². The Kier molecular flexibility index (Phi) is 4.35. The average Bonchev–Trinajstić information content (AvgIpc) is 3.31. The van der Waals surface area contributed by atoms with Crippen LogP contribution in [0.2, 0.25) is 0 Å². The quantitative estimate of drug-likeness (QED) is 0.671. The van der Waals surface area contributed by atoms with Gasteiger partial charge < -0.3 is 4.90 Å². The van der Waals surface area contributed by atoms with Crippen LogP contribution in [0.25, 0.3) is 5.52 Å². The molecule has 3 aromatic heterocycles. The van der Waals surface area contributed by atoms with Gasteiger partial charge in [-0.1, -0.05) is 0 Å². The van der Waals surface area contributed by atoms with Crippen molar-refractivity contribution in [2.24, 2.45) is 0 Å². The van der Waals surface area contributed by atoms with Gasteiger partial charge in [0.1, 0.15) is 5.52 Å². The highest BCUT2D eigenvalue weighted by Gasteiger charge is 2.21. The standard InChI is InChI=1S/C20H25N7O/c1-15-13-18-20(21-5-6-26(18)22-15)25-10-7-24(8-11-25)9-12-27-19(28)14-16-3-2-4-17(16)23-27/h5-6,13-14H,2-4,7-12H2,1H3. The van der Waals surface area contributed by atoms with Gasteiger partial charge in [-0.3, -0.25) is 9.69 Å². The summed E-state index contributed by atoms with van der Waals surface area (Å²) >= 11 is 0. The number of nitrogens with zero attached hydrogens (tertiary/aromatic N) is 7. The highest BCUT2D eigenvalue weighted by molar-refractivity contribution is 5.69. The Morgan fingerprint density at radius 3 is 2.75 bits per heavy atom. The van der Waals surface area contributed by atoms with Gasteiger partial charge in [0.25, 0.3) is 5.56 Å². The number of rotatable bonds is 4. The Balaban J connectivity index is 1.22. The molecule has 5 rings (SSSR count). The highest BCUT2D eigenvalue weighted by Crippen LogP contribution is 2.21. The molecule has 0 radical (unpaired) electrons. The first-order chi connectivity index (χ1) is 13.7. The third-order valence-electron chi connectivity index (χ3n) is 5.82. The summed E-state index contributed by atoms with van der Waals surface area (Å²) in [5.41, 5.74) is 4.35. The molecule has 0 unspecified atom stereocenters.